The van der Waals surface area contributed by atoms with Gasteiger partial charge in [0.1, 0.15) is 11.5 Å². The van der Waals surface area contributed by atoms with E-state index in [0.29, 0.717) is 23.4 Å². The van der Waals surface area contributed by atoms with Crippen molar-refractivity contribution >= 4 is 21.8 Å². The summed E-state index contributed by atoms with van der Waals surface area (Å²) in [6, 6.07) is 5.27. The number of carbonyl (C=O) groups excluding carboxylic acids is 1. The van der Waals surface area contributed by atoms with Crippen LogP contribution in [0.25, 0.3) is 0 Å². The second-order valence-electron chi connectivity index (χ2n) is 4.88. The summed E-state index contributed by atoms with van der Waals surface area (Å²) in [6.07, 6.45) is 1.82. The summed E-state index contributed by atoms with van der Waals surface area (Å²) in [6.45, 7) is 3.83. The Morgan fingerprint density at radius 3 is 2.40 bits per heavy atom. The van der Waals surface area contributed by atoms with Crippen molar-refractivity contribution in [3.05, 3.63) is 57.1 Å². The van der Waals surface area contributed by atoms with Crippen LogP contribution in [0.1, 0.15) is 27.2 Å². The summed E-state index contributed by atoms with van der Waals surface area (Å²) in [5.74, 6) is -0.343. The van der Waals surface area contributed by atoms with Crippen LogP contribution >= 0.6 is 15.9 Å². The van der Waals surface area contributed by atoms with Gasteiger partial charge in [-0.3, -0.25) is 4.79 Å². The maximum absolute atomic E-state index is 13.5. The van der Waals surface area contributed by atoms with Crippen LogP contribution in [0.5, 0.6) is 0 Å². The van der Waals surface area contributed by atoms with Gasteiger partial charge >= 0.3 is 0 Å². The molecule has 0 aliphatic heterocycles. The molecule has 1 heterocycles. The Morgan fingerprint density at radius 2 is 1.90 bits per heavy atom. The maximum atomic E-state index is 13.5. The molecule has 2 aromatic rings. The lowest BCUT2D eigenvalue weighted by atomic mass is 10.1. The van der Waals surface area contributed by atoms with Gasteiger partial charge in [-0.05, 0) is 52.5 Å². The first-order chi connectivity index (χ1) is 9.38. The minimum atomic E-state index is -0.188. The van der Waals surface area contributed by atoms with Crippen LogP contribution in [0.15, 0.2) is 28.9 Å². The van der Waals surface area contributed by atoms with E-state index in [4.69, 9.17) is 0 Å². The number of amides is 1. The SMILES string of the molecule is Cc1cc(CNC(=O)c2cc(Br)cn2C)cc(C)c1F. The fourth-order valence-corrected chi connectivity index (χ4v) is 2.68. The molecule has 0 saturated carbocycles. The Kier molecular flexibility index (Phi) is 4.28. The monoisotopic (exact) mass is 338 g/mol. The van der Waals surface area contributed by atoms with Crippen molar-refractivity contribution in [3.63, 3.8) is 0 Å². The number of carbonyl (C=O) groups is 1. The van der Waals surface area contributed by atoms with Gasteiger partial charge in [-0.15, -0.1) is 0 Å². The first-order valence-corrected chi connectivity index (χ1v) is 7.03. The van der Waals surface area contributed by atoms with Crippen molar-refractivity contribution in [2.45, 2.75) is 20.4 Å². The Labute approximate surface area is 125 Å². The molecule has 3 nitrogen and oxygen atoms in total. The number of aryl methyl sites for hydroxylation is 3. The highest BCUT2D eigenvalue weighted by Gasteiger charge is 2.11. The minimum Gasteiger partial charge on any atom is -0.347 e. The Morgan fingerprint density at radius 1 is 1.30 bits per heavy atom. The molecule has 106 valence electrons. The van der Waals surface area contributed by atoms with Crippen LogP contribution in [0, 0.1) is 19.7 Å². The summed E-state index contributed by atoms with van der Waals surface area (Å²) >= 11 is 3.33. The number of halogens is 2. The predicted molar refractivity (Wildman–Crippen MR) is 80.2 cm³/mol. The van der Waals surface area contributed by atoms with Crippen molar-refractivity contribution in [1.29, 1.82) is 0 Å². The molecule has 0 aliphatic carbocycles. The van der Waals surface area contributed by atoms with E-state index < -0.39 is 0 Å². The zero-order chi connectivity index (χ0) is 14.9. The third-order valence-corrected chi connectivity index (χ3v) is 3.59. The largest absolute Gasteiger partial charge is 0.347 e. The van der Waals surface area contributed by atoms with Gasteiger partial charge in [0.15, 0.2) is 0 Å². The van der Waals surface area contributed by atoms with Gasteiger partial charge in [0.2, 0.25) is 0 Å². The molecule has 1 N–H and O–H groups in total. The van der Waals surface area contributed by atoms with Crippen LogP contribution in [-0.2, 0) is 13.6 Å². The molecule has 2 rings (SSSR count). The normalized spacial score (nSPS) is 10.7. The van der Waals surface area contributed by atoms with E-state index >= 15 is 0 Å². The third-order valence-electron chi connectivity index (χ3n) is 3.15. The smallest absolute Gasteiger partial charge is 0.268 e. The zero-order valence-corrected chi connectivity index (χ0v) is 13.2. The van der Waals surface area contributed by atoms with E-state index in [-0.39, 0.29) is 11.7 Å². The van der Waals surface area contributed by atoms with Gasteiger partial charge in [-0.2, -0.15) is 0 Å². The van der Waals surface area contributed by atoms with Gasteiger partial charge in [0.05, 0.1) is 0 Å². The molecular formula is C15H16BrFN2O. The lowest BCUT2D eigenvalue weighted by Crippen LogP contribution is -2.24. The van der Waals surface area contributed by atoms with Gasteiger partial charge in [-0.1, -0.05) is 12.1 Å². The lowest BCUT2D eigenvalue weighted by Gasteiger charge is -2.09. The van der Waals surface area contributed by atoms with Gasteiger partial charge < -0.3 is 9.88 Å². The quantitative estimate of drug-likeness (QED) is 0.913. The standard InChI is InChI=1S/C15H16BrFN2O/c1-9-4-11(5-10(2)14(9)17)7-18-15(20)13-6-12(16)8-19(13)3/h4-6,8H,7H2,1-3H3,(H,18,20). The number of nitrogens with zero attached hydrogens (tertiary/aromatic N) is 1. The van der Waals surface area contributed by atoms with E-state index in [9.17, 15) is 9.18 Å². The molecule has 5 heteroatoms. The molecular weight excluding hydrogens is 323 g/mol. The summed E-state index contributed by atoms with van der Waals surface area (Å²) in [7, 11) is 1.81. The number of rotatable bonds is 3. The Hall–Kier alpha value is -1.62. The molecule has 1 aromatic heterocycles. The van der Waals surface area contributed by atoms with Crippen molar-refractivity contribution in [2.24, 2.45) is 7.05 Å². The van der Waals surface area contributed by atoms with Gasteiger partial charge in [0.25, 0.3) is 5.91 Å². The molecule has 0 saturated heterocycles. The predicted octanol–water partition coefficient (Wildman–Crippen LogP) is 3.47. The van der Waals surface area contributed by atoms with E-state index in [2.05, 4.69) is 21.2 Å². The number of hydrogen-bond acceptors (Lipinski definition) is 1. The molecule has 0 atom stereocenters. The summed E-state index contributed by atoms with van der Waals surface area (Å²) in [5.41, 5.74) is 2.65. The fourth-order valence-electron chi connectivity index (χ4n) is 2.16. The summed E-state index contributed by atoms with van der Waals surface area (Å²) in [4.78, 5) is 12.1. The van der Waals surface area contributed by atoms with Gasteiger partial charge in [-0.25, -0.2) is 4.39 Å². The van der Waals surface area contributed by atoms with Crippen LogP contribution in [0.2, 0.25) is 0 Å². The Balaban J connectivity index is 2.09. The van der Waals surface area contributed by atoms with Crippen molar-refractivity contribution in [2.75, 3.05) is 0 Å². The van der Waals surface area contributed by atoms with Crippen LogP contribution in [-0.4, -0.2) is 10.5 Å². The molecule has 0 spiro atoms. The molecule has 0 fully saturated rings. The first-order valence-electron chi connectivity index (χ1n) is 6.24. The van der Waals surface area contributed by atoms with Crippen molar-refractivity contribution in [1.82, 2.24) is 9.88 Å². The topological polar surface area (TPSA) is 34.0 Å². The second kappa shape index (κ2) is 5.79. The minimum absolute atomic E-state index is 0.155. The number of nitrogens with one attached hydrogen (secondary N) is 1. The molecule has 1 aromatic carbocycles. The number of benzene rings is 1. The van der Waals surface area contributed by atoms with Crippen LogP contribution < -0.4 is 5.32 Å². The Bertz CT molecular complexity index is 641. The highest BCUT2D eigenvalue weighted by atomic mass is 79.9. The highest BCUT2D eigenvalue weighted by Crippen LogP contribution is 2.16. The fraction of sp³-hybridized carbons (Fsp3) is 0.267. The molecule has 0 unspecified atom stereocenters. The number of aromatic nitrogens is 1. The van der Waals surface area contributed by atoms with Crippen molar-refractivity contribution in [3.8, 4) is 0 Å². The molecule has 1 amide bonds. The molecule has 20 heavy (non-hydrogen) atoms. The summed E-state index contributed by atoms with van der Waals surface area (Å²) in [5, 5.41) is 2.84. The van der Waals surface area contributed by atoms with Crippen LogP contribution in [0.3, 0.4) is 0 Å². The first kappa shape index (κ1) is 14.8. The lowest BCUT2D eigenvalue weighted by molar-refractivity contribution is 0.0943. The number of hydrogen-bond donors (Lipinski definition) is 1. The molecule has 0 radical (unpaired) electrons. The van der Waals surface area contributed by atoms with Crippen LogP contribution in [0.4, 0.5) is 4.39 Å². The average Bonchev–Trinajstić information content (AvgIpc) is 2.72. The average molecular weight is 339 g/mol. The highest BCUT2D eigenvalue weighted by molar-refractivity contribution is 9.10. The second-order valence-corrected chi connectivity index (χ2v) is 5.80. The zero-order valence-electron chi connectivity index (χ0n) is 11.6. The van der Waals surface area contributed by atoms with Gasteiger partial charge in [0, 0.05) is 24.3 Å². The van der Waals surface area contributed by atoms with E-state index in [1.165, 1.54) is 0 Å². The van der Waals surface area contributed by atoms with E-state index in [1.54, 1.807) is 36.6 Å². The maximum Gasteiger partial charge on any atom is 0.268 e. The van der Waals surface area contributed by atoms with Crippen molar-refractivity contribution < 1.29 is 9.18 Å². The third kappa shape index (κ3) is 3.10. The van der Waals surface area contributed by atoms with E-state index in [1.807, 2.05) is 13.2 Å². The van der Waals surface area contributed by atoms with E-state index in [0.717, 1.165) is 10.0 Å². The molecule has 0 bridgehead atoms. The molecule has 0 aliphatic rings. The summed E-state index contributed by atoms with van der Waals surface area (Å²) < 4.78 is 16.1.